The Balaban J connectivity index is 1.73. The highest BCUT2D eigenvalue weighted by Gasteiger charge is 2.35. The minimum Gasteiger partial charge on any atom is -0.502 e. The second kappa shape index (κ2) is 6.93. The van der Waals surface area contributed by atoms with Crippen LogP contribution in [0.2, 0.25) is 0 Å². The van der Waals surface area contributed by atoms with Gasteiger partial charge in [0.15, 0.2) is 5.75 Å². The molecule has 0 aliphatic carbocycles. The number of hydrogen-bond donors (Lipinski definition) is 1. The number of nitrogens with zero attached hydrogens (tertiary/aromatic N) is 3. The van der Waals surface area contributed by atoms with Crippen molar-refractivity contribution in [2.24, 2.45) is 5.10 Å². The molecule has 1 atom stereocenters. The fraction of sp³-hybridized carbons (Fsp3) is 0.111. The quantitative estimate of drug-likeness (QED) is 0.519. The van der Waals surface area contributed by atoms with Gasteiger partial charge in [0.2, 0.25) is 0 Å². The second-order valence-electron chi connectivity index (χ2n) is 5.88. The van der Waals surface area contributed by atoms with Crippen LogP contribution in [0.3, 0.4) is 0 Å². The maximum absolute atomic E-state index is 12.9. The second-order valence-corrected chi connectivity index (χ2v) is 7.77. The summed E-state index contributed by atoms with van der Waals surface area (Å²) in [5.74, 6) is -0.662. The molecule has 136 valence electrons. The van der Waals surface area contributed by atoms with E-state index in [1.54, 1.807) is 18.2 Å². The molecular formula is C18H13N3O4S2. The molecule has 0 unspecified atom stereocenters. The molecule has 3 aromatic rings. The maximum atomic E-state index is 12.9. The summed E-state index contributed by atoms with van der Waals surface area (Å²) in [4.78, 5) is 24.8. The molecule has 1 N–H and O–H groups in total. The highest BCUT2D eigenvalue weighted by molar-refractivity contribution is 7.12. The number of benzene rings is 1. The minimum atomic E-state index is -0.643. The van der Waals surface area contributed by atoms with Crippen molar-refractivity contribution in [3.05, 3.63) is 78.7 Å². The average molecular weight is 399 g/mol. The summed E-state index contributed by atoms with van der Waals surface area (Å²) in [5, 5.41) is 30.6. The summed E-state index contributed by atoms with van der Waals surface area (Å²) in [6, 6.07) is 11.1. The highest BCUT2D eigenvalue weighted by atomic mass is 32.1. The van der Waals surface area contributed by atoms with Crippen LogP contribution in [-0.4, -0.2) is 26.7 Å². The van der Waals surface area contributed by atoms with Gasteiger partial charge in [-0.2, -0.15) is 5.10 Å². The van der Waals surface area contributed by atoms with Crippen LogP contribution in [0.15, 0.2) is 58.3 Å². The van der Waals surface area contributed by atoms with E-state index in [2.05, 4.69) is 5.10 Å². The molecule has 4 rings (SSSR count). The molecule has 0 fully saturated rings. The van der Waals surface area contributed by atoms with Gasteiger partial charge >= 0.3 is 5.69 Å². The van der Waals surface area contributed by atoms with Gasteiger partial charge in [-0.3, -0.25) is 14.9 Å². The Labute approximate surface area is 162 Å². The van der Waals surface area contributed by atoms with E-state index in [-0.39, 0.29) is 11.6 Å². The normalized spacial score (nSPS) is 16.4. The van der Waals surface area contributed by atoms with E-state index < -0.39 is 16.7 Å². The molecule has 0 bridgehead atoms. The van der Waals surface area contributed by atoms with Gasteiger partial charge in [-0.05, 0) is 40.6 Å². The molecule has 27 heavy (non-hydrogen) atoms. The van der Waals surface area contributed by atoms with Crippen molar-refractivity contribution in [1.82, 2.24) is 5.01 Å². The monoisotopic (exact) mass is 399 g/mol. The number of amides is 1. The smallest absolute Gasteiger partial charge is 0.310 e. The first-order valence-electron chi connectivity index (χ1n) is 8.00. The first-order chi connectivity index (χ1) is 13.0. The van der Waals surface area contributed by atoms with Crippen molar-refractivity contribution in [3.8, 4) is 5.75 Å². The van der Waals surface area contributed by atoms with Crippen molar-refractivity contribution in [3.63, 3.8) is 0 Å². The molecule has 0 saturated heterocycles. The molecule has 9 heteroatoms. The molecule has 1 aliphatic rings. The Morgan fingerprint density at radius 1 is 1.22 bits per heavy atom. The molecule has 1 aromatic carbocycles. The molecular weight excluding hydrogens is 386 g/mol. The van der Waals surface area contributed by atoms with Crippen LogP contribution in [0.5, 0.6) is 5.75 Å². The van der Waals surface area contributed by atoms with Gasteiger partial charge in [0.25, 0.3) is 5.91 Å². The van der Waals surface area contributed by atoms with Crippen molar-refractivity contribution in [2.75, 3.05) is 0 Å². The molecule has 0 saturated carbocycles. The van der Waals surface area contributed by atoms with Gasteiger partial charge in [-0.15, -0.1) is 22.7 Å². The van der Waals surface area contributed by atoms with E-state index in [0.717, 1.165) is 10.6 Å². The Bertz CT molecular complexity index is 1030. The number of hydrazone groups is 1. The largest absolute Gasteiger partial charge is 0.502 e. The number of rotatable bonds is 4. The van der Waals surface area contributed by atoms with Crippen LogP contribution in [-0.2, 0) is 0 Å². The van der Waals surface area contributed by atoms with Crippen LogP contribution in [0.25, 0.3) is 0 Å². The number of thiophene rings is 2. The first kappa shape index (κ1) is 17.4. The van der Waals surface area contributed by atoms with E-state index in [0.29, 0.717) is 16.9 Å². The number of phenols is 1. The van der Waals surface area contributed by atoms with Gasteiger partial charge in [-0.25, -0.2) is 5.01 Å². The Kier molecular flexibility index (Phi) is 4.46. The van der Waals surface area contributed by atoms with Crippen molar-refractivity contribution in [1.29, 1.82) is 0 Å². The number of nitro groups is 1. The predicted molar refractivity (Wildman–Crippen MR) is 103 cm³/mol. The summed E-state index contributed by atoms with van der Waals surface area (Å²) < 4.78 is 0. The van der Waals surface area contributed by atoms with Crippen molar-refractivity contribution in [2.45, 2.75) is 12.5 Å². The lowest BCUT2D eigenvalue weighted by molar-refractivity contribution is -0.385. The zero-order chi connectivity index (χ0) is 19.0. The number of carbonyl (C=O) groups is 1. The zero-order valence-electron chi connectivity index (χ0n) is 13.8. The van der Waals surface area contributed by atoms with E-state index in [1.807, 2.05) is 22.9 Å². The van der Waals surface area contributed by atoms with Crippen LogP contribution >= 0.6 is 22.7 Å². The maximum Gasteiger partial charge on any atom is 0.310 e. The number of phenolic OH excluding ortho intramolecular Hbond substituents is 1. The van der Waals surface area contributed by atoms with Gasteiger partial charge in [-0.1, -0.05) is 12.1 Å². The lowest BCUT2D eigenvalue weighted by Gasteiger charge is -2.21. The topological polar surface area (TPSA) is 96.0 Å². The van der Waals surface area contributed by atoms with Gasteiger partial charge in [0.05, 0.1) is 26.4 Å². The molecule has 0 spiro atoms. The molecule has 7 nitrogen and oxygen atoms in total. The lowest BCUT2D eigenvalue weighted by Crippen LogP contribution is -2.26. The third-order valence-electron chi connectivity index (χ3n) is 4.24. The third-order valence-corrected chi connectivity index (χ3v) is 6.01. The number of nitro benzene ring substituents is 1. The molecule has 2 aromatic heterocycles. The van der Waals surface area contributed by atoms with Crippen LogP contribution in [0.1, 0.15) is 32.6 Å². The highest BCUT2D eigenvalue weighted by Crippen LogP contribution is 2.38. The zero-order valence-corrected chi connectivity index (χ0v) is 15.4. The minimum absolute atomic E-state index is 0.237. The number of aromatic hydroxyl groups is 1. The molecule has 1 aliphatic heterocycles. The fourth-order valence-electron chi connectivity index (χ4n) is 2.96. The van der Waals surface area contributed by atoms with Gasteiger partial charge in [0.1, 0.15) is 0 Å². The fourth-order valence-corrected chi connectivity index (χ4v) is 4.34. The SMILES string of the molecule is O=C(c1cccs1)N1N=C(c2cccs2)C[C@H]1c1ccc([N+](=O)[O-])c(O)c1. The lowest BCUT2D eigenvalue weighted by atomic mass is 10.0. The predicted octanol–water partition coefficient (Wildman–Crippen LogP) is 4.41. The summed E-state index contributed by atoms with van der Waals surface area (Å²) >= 11 is 2.86. The standard InChI is InChI=1S/C18H13N3O4S2/c22-15-9-11(5-6-13(15)21(24)25)14-10-12(16-3-1-7-26-16)19-20(14)18(23)17-4-2-8-27-17/h1-9,14,22H,10H2/t14-/m0/s1. The summed E-state index contributed by atoms with van der Waals surface area (Å²) in [6.45, 7) is 0. The van der Waals surface area contributed by atoms with Crippen LogP contribution in [0, 0.1) is 10.1 Å². The summed E-state index contributed by atoms with van der Waals surface area (Å²) in [6.07, 6.45) is 0.467. The average Bonchev–Trinajstić information content (AvgIpc) is 3.41. The first-order valence-corrected chi connectivity index (χ1v) is 9.76. The van der Waals surface area contributed by atoms with E-state index in [9.17, 15) is 20.0 Å². The molecule has 3 heterocycles. The number of hydrogen-bond acceptors (Lipinski definition) is 7. The third kappa shape index (κ3) is 3.22. The summed E-state index contributed by atoms with van der Waals surface area (Å²) in [7, 11) is 0. The van der Waals surface area contributed by atoms with E-state index in [1.165, 1.54) is 39.8 Å². The molecule has 0 radical (unpaired) electrons. The van der Waals surface area contributed by atoms with E-state index >= 15 is 0 Å². The van der Waals surface area contributed by atoms with Gasteiger partial charge < -0.3 is 5.11 Å². The van der Waals surface area contributed by atoms with E-state index in [4.69, 9.17) is 0 Å². The van der Waals surface area contributed by atoms with Crippen LogP contribution < -0.4 is 0 Å². The summed E-state index contributed by atoms with van der Waals surface area (Å²) in [5.41, 5.74) is 1.00. The van der Waals surface area contributed by atoms with Gasteiger partial charge in [0, 0.05) is 12.5 Å². The Hall–Kier alpha value is -3.04. The number of carbonyl (C=O) groups excluding carboxylic acids is 1. The Morgan fingerprint density at radius 3 is 2.63 bits per heavy atom. The molecule has 1 amide bonds. The Morgan fingerprint density at radius 2 is 2.00 bits per heavy atom. The van der Waals surface area contributed by atoms with Crippen molar-refractivity contribution >= 4 is 40.0 Å². The van der Waals surface area contributed by atoms with Crippen LogP contribution in [0.4, 0.5) is 5.69 Å². The van der Waals surface area contributed by atoms with Crippen molar-refractivity contribution < 1.29 is 14.8 Å².